The minimum atomic E-state index is -0.825. The number of ether oxygens (including phenoxy) is 3. The van der Waals surface area contributed by atoms with E-state index in [2.05, 4.69) is 11.9 Å². The summed E-state index contributed by atoms with van der Waals surface area (Å²) in [6, 6.07) is -0.644. The van der Waals surface area contributed by atoms with E-state index in [0.29, 0.717) is 0 Å². The standard InChI is InChI=1S/C14H21NO6/c1-6-10(19-8(2)16)12-9(7-11(17)20-12)15-13(18)21-14(3,4)5/h6,9-10,12H,1,7H2,2-5H3,(H,15,18)/t9-,10+,12-/m0/s1. The molecule has 0 aliphatic carbocycles. The fraction of sp³-hybridized carbons (Fsp3) is 0.643. The van der Waals surface area contributed by atoms with E-state index in [-0.39, 0.29) is 6.42 Å². The largest absolute Gasteiger partial charge is 0.456 e. The zero-order valence-corrected chi connectivity index (χ0v) is 12.7. The van der Waals surface area contributed by atoms with Crippen LogP contribution in [0.3, 0.4) is 0 Å². The van der Waals surface area contributed by atoms with Crippen molar-refractivity contribution in [3.05, 3.63) is 12.7 Å². The molecule has 0 aromatic rings. The van der Waals surface area contributed by atoms with Crippen LogP contribution in [0.4, 0.5) is 4.79 Å². The van der Waals surface area contributed by atoms with Crippen LogP contribution in [0.25, 0.3) is 0 Å². The van der Waals surface area contributed by atoms with Crippen LogP contribution in [-0.2, 0) is 23.8 Å². The summed E-state index contributed by atoms with van der Waals surface area (Å²) in [5, 5.41) is 2.56. The van der Waals surface area contributed by atoms with Crippen LogP contribution in [0.2, 0.25) is 0 Å². The first kappa shape index (κ1) is 17.0. The van der Waals surface area contributed by atoms with Gasteiger partial charge in [0.15, 0.2) is 12.2 Å². The van der Waals surface area contributed by atoms with E-state index < -0.39 is 41.9 Å². The van der Waals surface area contributed by atoms with Gasteiger partial charge in [0.2, 0.25) is 0 Å². The summed E-state index contributed by atoms with van der Waals surface area (Å²) < 4.78 is 15.2. The van der Waals surface area contributed by atoms with E-state index in [0.717, 1.165) is 0 Å². The van der Waals surface area contributed by atoms with Crippen molar-refractivity contribution in [1.29, 1.82) is 0 Å². The Balaban J connectivity index is 2.74. The van der Waals surface area contributed by atoms with Crippen LogP contribution in [0.15, 0.2) is 12.7 Å². The Morgan fingerprint density at radius 3 is 2.57 bits per heavy atom. The van der Waals surface area contributed by atoms with Gasteiger partial charge in [0.05, 0.1) is 12.5 Å². The van der Waals surface area contributed by atoms with Gasteiger partial charge in [-0.15, -0.1) is 0 Å². The Hall–Kier alpha value is -2.05. The third-order valence-corrected chi connectivity index (χ3v) is 2.61. The summed E-state index contributed by atoms with van der Waals surface area (Å²) in [5.74, 6) is -1.01. The molecule has 118 valence electrons. The summed E-state index contributed by atoms with van der Waals surface area (Å²) in [6.07, 6.45) is -0.967. The highest BCUT2D eigenvalue weighted by Gasteiger charge is 2.42. The number of rotatable bonds is 4. The van der Waals surface area contributed by atoms with Crippen molar-refractivity contribution in [2.45, 2.75) is 58.0 Å². The third-order valence-electron chi connectivity index (χ3n) is 2.61. The van der Waals surface area contributed by atoms with E-state index in [1.165, 1.54) is 13.0 Å². The summed E-state index contributed by atoms with van der Waals surface area (Å²) in [6.45, 7) is 9.97. The molecular weight excluding hydrogens is 278 g/mol. The van der Waals surface area contributed by atoms with Crippen molar-refractivity contribution < 1.29 is 28.6 Å². The smallest absolute Gasteiger partial charge is 0.408 e. The molecule has 1 fully saturated rings. The molecule has 21 heavy (non-hydrogen) atoms. The van der Waals surface area contributed by atoms with E-state index >= 15 is 0 Å². The molecule has 0 saturated carbocycles. The summed E-state index contributed by atoms with van der Waals surface area (Å²) in [4.78, 5) is 34.3. The van der Waals surface area contributed by atoms with Gasteiger partial charge in [0.1, 0.15) is 5.60 Å². The second-order valence-corrected chi connectivity index (χ2v) is 5.72. The van der Waals surface area contributed by atoms with Crippen molar-refractivity contribution in [1.82, 2.24) is 5.32 Å². The first-order valence-electron chi connectivity index (χ1n) is 6.61. The molecule has 7 nitrogen and oxygen atoms in total. The second-order valence-electron chi connectivity index (χ2n) is 5.72. The lowest BCUT2D eigenvalue weighted by atomic mass is 10.1. The minimum absolute atomic E-state index is 0.0183. The lowest BCUT2D eigenvalue weighted by Gasteiger charge is -2.26. The van der Waals surface area contributed by atoms with Crippen molar-refractivity contribution >= 4 is 18.0 Å². The minimum Gasteiger partial charge on any atom is -0.456 e. The van der Waals surface area contributed by atoms with Gasteiger partial charge >= 0.3 is 18.0 Å². The van der Waals surface area contributed by atoms with Gasteiger partial charge in [0, 0.05) is 6.92 Å². The lowest BCUT2D eigenvalue weighted by Crippen LogP contribution is -2.47. The number of alkyl carbamates (subject to hydrolysis) is 1. The molecule has 1 N–H and O–H groups in total. The van der Waals surface area contributed by atoms with Crippen molar-refractivity contribution in [2.75, 3.05) is 0 Å². The molecular formula is C14H21NO6. The second kappa shape index (κ2) is 6.60. The Kier molecular flexibility index (Phi) is 5.34. The number of carbonyl (C=O) groups excluding carboxylic acids is 3. The molecule has 1 amide bonds. The number of hydrogen-bond donors (Lipinski definition) is 1. The fourth-order valence-electron chi connectivity index (χ4n) is 1.91. The maximum absolute atomic E-state index is 11.8. The highest BCUT2D eigenvalue weighted by atomic mass is 16.6. The number of amides is 1. The van der Waals surface area contributed by atoms with Gasteiger partial charge in [-0.05, 0) is 26.8 Å². The molecule has 0 aromatic carbocycles. The Morgan fingerprint density at radius 1 is 1.48 bits per heavy atom. The van der Waals surface area contributed by atoms with Crippen LogP contribution in [0.1, 0.15) is 34.1 Å². The predicted octanol–water partition coefficient (Wildman–Crippen LogP) is 1.31. The zero-order chi connectivity index (χ0) is 16.2. The third kappa shape index (κ3) is 5.45. The average molecular weight is 299 g/mol. The highest BCUT2D eigenvalue weighted by Crippen LogP contribution is 2.22. The van der Waals surface area contributed by atoms with Crippen molar-refractivity contribution in [2.24, 2.45) is 0 Å². The SMILES string of the molecule is C=C[C@@H](OC(C)=O)[C@H]1OC(=O)C[C@@H]1NC(=O)OC(C)(C)C. The highest BCUT2D eigenvalue weighted by molar-refractivity contribution is 5.76. The Bertz CT molecular complexity index is 439. The molecule has 0 radical (unpaired) electrons. The zero-order valence-electron chi connectivity index (χ0n) is 12.7. The van der Waals surface area contributed by atoms with E-state index in [9.17, 15) is 14.4 Å². The van der Waals surface area contributed by atoms with Gasteiger partial charge in [-0.25, -0.2) is 4.79 Å². The molecule has 0 spiro atoms. The molecule has 0 unspecified atom stereocenters. The number of cyclic esters (lactones) is 1. The first-order chi connectivity index (χ1) is 9.62. The van der Waals surface area contributed by atoms with E-state index in [1.54, 1.807) is 20.8 Å². The molecule has 3 atom stereocenters. The normalized spacial score (nSPS) is 23.0. The summed E-state index contributed by atoms with van der Waals surface area (Å²) in [5.41, 5.74) is -0.656. The number of hydrogen-bond acceptors (Lipinski definition) is 6. The molecule has 1 saturated heterocycles. The number of carbonyl (C=O) groups is 3. The molecule has 7 heteroatoms. The predicted molar refractivity (Wildman–Crippen MR) is 73.4 cm³/mol. The van der Waals surface area contributed by atoms with Gasteiger partial charge in [-0.1, -0.05) is 6.58 Å². The lowest BCUT2D eigenvalue weighted by molar-refractivity contribution is -0.156. The Morgan fingerprint density at radius 2 is 2.10 bits per heavy atom. The quantitative estimate of drug-likeness (QED) is 0.478. The van der Waals surface area contributed by atoms with Crippen LogP contribution in [-0.4, -0.2) is 41.9 Å². The van der Waals surface area contributed by atoms with Gasteiger partial charge in [-0.2, -0.15) is 0 Å². The first-order valence-corrected chi connectivity index (χ1v) is 6.61. The van der Waals surface area contributed by atoms with Crippen LogP contribution in [0.5, 0.6) is 0 Å². The summed E-state index contributed by atoms with van der Waals surface area (Å²) in [7, 11) is 0. The molecule has 0 aromatic heterocycles. The Labute approximate surface area is 123 Å². The van der Waals surface area contributed by atoms with Crippen molar-refractivity contribution in [3.63, 3.8) is 0 Å². The fourth-order valence-corrected chi connectivity index (χ4v) is 1.91. The van der Waals surface area contributed by atoms with Gasteiger partial charge in [-0.3, -0.25) is 9.59 Å². The monoisotopic (exact) mass is 299 g/mol. The average Bonchev–Trinajstić information content (AvgIpc) is 2.64. The number of nitrogens with one attached hydrogen (secondary N) is 1. The van der Waals surface area contributed by atoms with Gasteiger partial charge < -0.3 is 19.5 Å². The molecule has 0 bridgehead atoms. The van der Waals surface area contributed by atoms with Crippen LogP contribution >= 0.6 is 0 Å². The molecule has 1 aliphatic heterocycles. The van der Waals surface area contributed by atoms with Gasteiger partial charge in [0.25, 0.3) is 0 Å². The molecule has 1 aliphatic rings. The maximum Gasteiger partial charge on any atom is 0.408 e. The van der Waals surface area contributed by atoms with Crippen LogP contribution < -0.4 is 5.32 Å². The topological polar surface area (TPSA) is 90.9 Å². The van der Waals surface area contributed by atoms with Crippen LogP contribution in [0, 0.1) is 0 Å². The van der Waals surface area contributed by atoms with Crippen molar-refractivity contribution in [3.8, 4) is 0 Å². The van der Waals surface area contributed by atoms with E-state index in [4.69, 9.17) is 14.2 Å². The molecule has 1 heterocycles. The maximum atomic E-state index is 11.8. The number of esters is 2. The summed E-state index contributed by atoms with van der Waals surface area (Å²) >= 11 is 0. The molecule has 1 rings (SSSR count). The van der Waals surface area contributed by atoms with E-state index in [1.807, 2.05) is 0 Å².